The Morgan fingerprint density at radius 3 is 2.83 bits per heavy atom. The summed E-state index contributed by atoms with van der Waals surface area (Å²) < 4.78 is 6.31. The molecule has 1 fully saturated rings. The lowest BCUT2D eigenvalue weighted by Crippen LogP contribution is -2.43. The molecule has 2 heterocycles. The van der Waals surface area contributed by atoms with E-state index in [1.807, 2.05) is 18.2 Å². The second kappa shape index (κ2) is 5.74. The van der Waals surface area contributed by atoms with Gasteiger partial charge in [0.05, 0.1) is 18.1 Å². The van der Waals surface area contributed by atoms with E-state index in [1.54, 1.807) is 20.8 Å². The Morgan fingerprint density at radius 2 is 2.21 bits per heavy atom. The van der Waals surface area contributed by atoms with Crippen LogP contribution < -0.4 is 5.32 Å². The van der Waals surface area contributed by atoms with Crippen LogP contribution in [0, 0.1) is 0 Å². The Balaban J connectivity index is 1.96. The summed E-state index contributed by atoms with van der Waals surface area (Å²) in [5.74, 6) is -0.139. The van der Waals surface area contributed by atoms with Crippen LogP contribution in [0.25, 0.3) is 0 Å². The maximum Gasteiger partial charge on any atom is 0.410 e. The van der Waals surface area contributed by atoms with Crippen LogP contribution in [0.15, 0.2) is 22.7 Å². The van der Waals surface area contributed by atoms with Crippen molar-refractivity contribution in [1.29, 1.82) is 0 Å². The first-order valence-corrected chi connectivity index (χ1v) is 8.67. The first-order chi connectivity index (χ1) is 11.2. The van der Waals surface area contributed by atoms with Crippen molar-refractivity contribution in [2.24, 2.45) is 0 Å². The van der Waals surface area contributed by atoms with Gasteiger partial charge < -0.3 is 20.1 Å². The lowest BCUT2D eigenvalue weighted by atomic mass is 9.79. The third kappa shape index (κ3) is 2.80. The standard InChI is InChI=1S/C17H21BrN2O4/c1-16(2,3)24-15(23)20-9-17(7-11(20)8-21)12-6-10(18)4-5-13(12)19-14(17)22/h4-6,11,21H,7-9H2,1-3H3,(H,19,22)/t11-,17-/m0/s1. The smallest absolute Gasteiger partial charge is 0.410 e. The van der Waals surface area contributed by atoms with E-state index in [9.17, 15) is 14.7 Å². The fourth-order valence-corrected chi connectivity index (χ4v) is 3.80. The highest BCUT2D eigenvalue weighted by atomic mass is 79.9. The molecule has 24 heavy (non-hydrogen) atoms. The molecule has 130 valence electrons. The van der Waals surface area contributed by atoms with Crippen LogP contribution in [-0.2, 0) is 14.9 Å². The molecule has 2 aliphatic rings. The van der Waals surface area contributed by atoms with Crippen molar-refractivity contribution >= 4 is 33.6 Å². The minimum Gasteiger partial charge on any atom is -0.444 e. The summed E-state index contributed by atoms with van der Waals surface area (Å²) in [7, 11) is 0. The van der Waals surface area contributed by atoms with Crippen LogP contribution in [-0.4, -0.2) is 46.8 Å². The van der Waals surface area contributed by atoms with Crippen LogP contribution in [0.5, 0.6) is 0 Å². The van der Waals surface area contributed by atoms with Gasteiger partial charge in [0.15, 0.2) is 0 Å². The van der Waals surface area contributed by atoms with E-state index in [0.29, 0.717) is 6.42 Å². The van der Waals surface area contributed by atoms with Gasteiger partial charge in [0, 0.05) is 16.7 Å². The van der Waals surface area contributed by atoms with Gasteiger partial charge in [0.25, 0.3) is 0 Å². The number of hydrogen-bond acceptors (Lipinski definition) is 4. The number of rotatable bonds is 1. The van der Waals surface area contributed by atoms with Crippen molar-refractivity contribution in [3.05, 3.63) is 28.2 Å². The maximum absolute atomic E-state index is 12.7. The van der Waals surface area contributed by atoms with Gasteiger partial charge in [-0.2, -0.15) is 0 Å². The molecule has 2 atom stereocenters. The van der Waals surface area contributed by atoms with Crippen LogP contribution in [0.1, 0.15) is 32.8 Å². The molecule has 1 spiro atoms. The largest absolute Gasteiger partial charge is 0.444 e. The number of carbonyl (C=O) groups excluding carboxylic acids is 2. The number of halogens is 1. The maximum atomic E-state index is 12.7. The zero-order chi connectivity index (χ0) is 17.7. The van der Waals surface area contributed by atoms with Crippen molar-refractivity contribution < 1.29 is 19.4 Å². The predicted octanol–water partition coefficient (Wildman–Crippen LogP) is 2.64. The SMILES string of the molecule is CC(C)(C)OC(=O)N1C[C@]2(C[C@H]1CO)C(=O)Nc1ccc(Br)cc12. The number of ether oxygens (including phenoxy) is 1. The van der Waals surface area contributed by atoms with Gasteiger partial charge in [-0.3, -0.25) is 4.79 Å². The van der Waals surface area contributed by atoms with Gasteiger partial charge >= 0.3 is 6.09 Å². The van der Waals surface area contributed by atoms with Crippen molar-refractivity contribution in [2.75, 3.05) is 18.5 Å². The number of aliphatic hydroxyl groups is 1. The molecule has 2 aliphatic heterocycles. The topological polar surface area (TPSA) is 78.9 Å². The summed E-state index contributed by atoms with van der Waals surface area (Å²) in [6, 6.07) is 5.16. The lowest BCUT2D eigenvalue weighted by Gasteiger charge is -2.28. The Hall–Kier alpha value is -1.60. The van der Waals surface area contributed by atoms with E-state index in [2.05, 4.69) is 21.2 Å². The van der Waals surface area contributed by atoms with Gasteiger partial charge in [-0.1, -0.05) is 15.9 Å². The monoisotopic (exact) mass is 396 g/mol. The predicted molar refractivity (Wildman–Crippen MR) is 92.9 cm³/mol. The second-order valence-corrected chi connectivity index (χ2v) is 8.29. The number of anilines is 1. The van der Waals surface area contributed by atoms with Gasteiger partial charge in [0.1, 0.15) is 5.60 Å². The summed E-state index contributed by atoms with van der Waals surface area (Å²) >= 11 is 3.44. The minimum absolute atomic E-state index is 0.139. The molecule has 3 rings (SSSR count). The summed E-state index contributed by atoms with van der Waals surface area (Å²) in [5.41, 5.74) is 0.132. The summed E-state index contributed by atoms with van der Waals surface area (Å²) in [6.07, 6.45) is -0.132. The first kappa shape index (κ1) is 17.2. The van der Waals surface area contributed by atoms with E-state index in [1.165, 1.54) is 4.90 Å². The molecule has 7 heteroatoms. The molecular formula is C17H21BrN2O4. The van der Waals surface area contributed by atoms with Crippen molar-refractivity contribution in [3.63, 3.8) is 0 Å². The number of aliphatic hydroxyl groups excluding tert-OH is 1. The first-order valence-electron chi connectivity index (χ1n) is 7.88. The van der Waals surface area contributed by atoms with Crippen molar-refractivity contribution in [3.8, 4) is 0 Å². The quantitative estimate of drug-likeness (QED) is 0.764. The van der Waals surface area contributed by atoms with Crippen molar-refractivity contribution in [2.45, 2.75) is 44.2 Å². The highest BCUT2D eigenvalue weighted by Gasteiger charge is 2.56. The molecule has 2 amide bonds. The third-order valence-corrected chi connectivity index (χ3v) is 4.98. The molecule has 0 radical (unpaired) electrons. The Bertz CT molecular complexity index is 700. The molecule has 0 aliphatic carbocycles. The van der Waals surface area contributed by atoms with Crippen LogP contribution in [0.2, 0.25) is 0 Å². The zero-order valence-corrected chi connectivity index (χ0v) is 15.5. The molecule has 1 aromatic carbocycles. The molecule has 6 nitrogen and oxygen atoms in total. The Morgan fingerprint density at radius 1 is 1.50 bits per heavy atom. The molecule has 0 saturated carbocycles. The Labute approximate surface area is 149 Å². The summed E-state index contributed by atoms with van der Waals surface area (Å²) in [5, 5.41) is 12.6. The number of hydrogen-bond donors (Lipinski definition) is 2. The average molecular weight is 397 g/mol. The second-order valence-electron chi connectivity index (χ2n) is 7.37. The van der Waals surface area contributed by atoms with Gasteiger partial charge in [0.2, 0.25) is 5.91 Å². The molecule has 2 N–H and O–H groups in total. The van der Waals surface area contributed by atoms with Gasteiger partial charge in [-0.15, -0.1) is 0 Å². The van der Waals surface area contributed by atoms with E-state index < -0.39 is 23.2 Å². The highest BCUT2D eigenvalue weighted by molar-refractivity contribution is 9.10. The van der Waals surface area contributed by atoms with Gasteiger partial charge in [-0.25, -0.2) is 4.79 Å². The highest BCUT2D eigenvalue weighted by Crippen LogP contribution is 2.47. The number of amides is 2. The number of likely N-dealkylation sites (tertiary alicyclic amines) is 1. The van der Waals surface area contributed by atoms with Crippen LogP contribution in [0.3, 0.4) is 0 Å². The minimum atomic E-state index is -0.844. The number of nitrogens with one attached hydrogen (secondary N) is 1. The normalized spacial score (nSPS) is 25.8. The number of fused-ring (bicyclic) bond motifs is 2. The number of nitrogens with zero attached hydrogens (tertiary/aromatic N) is 1. The Kier molecular flexibility index (Phi) is 4.12. The van der Waals surface area contributed by atoms with Crippen LogP contribution in [0.4, 0.5) is 10.5 Å². The molecule has 1 saturated heterocycles. The zero-order valence-electron chi connectivity index (χ0n) is 13.9. The van der Waals surface area contributed by atoms with E-state index in [0.717, 1.165) is 15.7 Å². The summed E-state index contributed by atoms with van der Waals surface area (Å²) in [4.78, 5) is 26.7. The summed E-state index contributed by atoms with van der Waals surface area (Å²) in [6.45, 7) is 5.36. The van der Waals surface area contributed by atoms with E-state index >= 15 is 0 Å². The number of benzene rings is 1. The fraction of sp³-hybridized carbons (Fsp3) is 0.529. The molecule has 0 aromatic heterocycles. The number of carbonyl (C=O) groups is 2. The fourth-order valence-electron chi connectivity index (χ4n) is 3.44. The third-order valence-electron chi connectivity index (χ3n) is 4.48. The van der Waals surface area contributed by atoms with Gasteiger partial charge in [-0.05, 0) is 51.0 Å². The average Bonchev–Trinajstić information content (AvgIpc) is 2.99. The molecule has 1 aromatic rings. The molecule has 0 unspecified atom stereocenters. The molecule has 0 bridgehead atoms. The van der Waals surface area contributed by atoms with Crippen molar-refractivity contribution in [1.82, 2.24) is 4.90 Å². The van der Waals surface area contributed by atoms with E-state index in [4.69, 9.17) is 4.74 Å². The van der Waals surface area contributed by atoms with Crippen LogP contribution >= 0.6 is 15.9 Å². The van der Waals surface area contributed by atoms with E-state index in [-0.39, 0.29) is 19.1 Å². The lowest BCUT2D eigenvalue weighted by molar-refractivity contribution is -0.120. The molecular weight excluding hydrogens is 376 g/mol.